The van der Waals surface area contributed by atoms with Crippen LogP contribution in [0.2, 0.25) is 0 Å². The number of carbonyl (C=O) groups excluding carboxylic acids is 1. The number of thioether (sulfide) groups is 1. The molecule has 0 bridgehead atoms. The van der Waals surface area contributed by atoms with Crippen LogP contribution in [0.25, 0.3) is 0 Å². The van der Waals surface area contributed by atoms with Gasteiger partial charge in [0.05, 0.1) is 0 Å². The summed E-state index contributed by atoms with van der Waals surface area (Å²) in [5, 5.41) is 0. The standard InChI is InChI=1S/C6H8OSSe/c1-4(7)6-3-9-5(2)8-6/h3,5H,1-2H3. The molecule has 1 atom stereocenters. The minimum absolute atomic E-state index is 0.228. The van der Waals surface area contributed by atoms with Gasteiger partial charge >= 0.3 is 65.2 Å². The second kappa shape index (κ2) is 2.91. The first-order valence-electron chi connectivity index (χ1n) is 2.73. The molecule has 0 spiro atoms. The molecule has 1 aliphatic heterocycles. The number of hydrogen-bond acceptors (Lipinski definition) is 2. The molecule has 0 saturated carbocycles. The summed E-state index contributed by atoms with van der Waals surface area (Å²) in [5.74, 6) is 0.228. The third kappa shape index (κ3) is 1.85. The van der Waals surface area contributed by atoms with Crippen LogP contribution in [0.15, 0.2) is 9.88 Å². The second-order valence-corrected chi connectivity index (χ2v) is 6.47. The van der Waals surface area contributed by atoms with Crippen LogP contribution in [0.4, 0.5) is 0 Å². The number of hydrogen-bond donors (Lipinski definition) is 0. The van der Waals surface area contributed by atoms with E-state index in [1.807, 2.05) is 0 Å². The van der Waals surface area contributed by atoms with Crippen molar-refractivity contribution in [3.63, 3.8) is 0 Å². The van der Waals surface area contributed by atoms with Gasteiger partial charge in [-0.15, -0.1) is 0 Å². The third-order valence-corrected chi connectivity index (χ3v) is 5.10. The molecule has 9 heavy (non-hydrogen) atoms. The third-order valence-electron chi connectivity index (χ3n) is 1.01. The fourth-order valence-corrected chi connectivity index (χ4v) is 4.13. The summed E-state index contributed by atoms with van der Waals surface area (Å²) in [5.41, 5.74) is 0. The van der Waals surface area contributed by atoms with E-state index in [0.29, 0.717) is 19.1 Å². The van der Waals surface area contributed by atoms with Crippen molar-refractivity contribution in [1.82, 2.24) is 0 Å². The molecule has 0 aliphatic carbocycles. The Morgan fingerprint density at radius 3 is 2.78 bits per heavy atom. The van der Waals surface area contributed by atoms with Crippen LogP contribution < -0.4 is 0 Å². The average Bonchev–Trinajstić information content (AvgIpc) is 2.14. The molecule has 0 aromatic rings. The van der Waals surface area contributed by atoms with E-state index in [1.54, 1.807) is 18.7 Å². The molecular formula is C6H8OSSe. The van der Waals surface area contributed by atoms with Crippen molar-refractivity contribution in [2.24, 2.45) is 0 Å². The number of ketones is 1. The van der Waals surface area contributed by atoms with Crippen LogP contribution in [0.5, 0.6) is 0 Å². The van der Waals surface area contributed by atoms with Gasteiger partial charge in [-0.2, -0.15) is 0 Å². The summed E-state index contributed by atoms with van der Waals surface area (Å²) in [6.45, 7) is 3.80. The van der Waals surface area contributed by atoms with E-state index in [1.165, 1.54) is 0 Å². The van der Waals surface area contributed by atoms with Gasteiger partial charge in [-0.1, -0.05) is 0 Å². The van der Waals surface area contributed by atoms with Crippen LogP contribution in [0, 0.1) is 0 Å². The Bertz CT molecular complexity index is 164. The van der Waals surface area contributed by atoms with Crippen LogP contribution in [-0.4, -0.2) is 24.9 Å². The molecule has 1 nitrogen and oxygen atoms in total. The molecule has 0 radical (unpaired) electrons. The molecule has 0 saturated heterocycles. The number of allylic oxidation sites excluding steroid dienone is 1. The zero-order chi connectivity index (χ0) is 6.85. The maximum atomic E-state index is 10.7. The van der Waals surface area contributed by atoms with Crippen molar-refractivity contribution in [1.29, 1.82) is 0 Å². The van der Waals surface area contributed by atoms with E-state index in [9.17, 15) is 4.79 Å². The van der Waals surface area contributed by atoms with Gasteiger partial charge < -0.3 is 0 Å². The van der Waals surface area contributed by atoms with Gasteiger partial charge in [-0.05, 0) is 0 Å². The van der Waals surface area contributed by atoms with Crippen molar-refractivity contribution in [3.05, 3.63) is 9.88 Å². The van der Waals surface area contributed by atoms with Crippen molar-refractivity contribution in [2.45, 2.75) is 18.0 Å². The molecular weight excluding hydrogens is 199 g/mol. The van der Waals surface area contributed by atoms with E-state index in [4.69, 9.17) is 0 Å². The number of rotatable bonds is 1. The Morgan fingerprint density at radius 2 is 2.56 bits per heavy atom. The second-order valence-electron chi connectivity index (χ2n) is 1.86. The maximum absolute atomic E-state index is 10.7. The SMILES string of the molecule is CC(=O)C1=C[Se]C(C)S1. The topological polar surface area (TPSA) is 17.1 Å². The van der Waals surface area contributed by atoms with E-state index in [0.717, 1.165) is 4.91 Å². The van der Waals surface area contributed by atoms with E-state index >= 15 is 0 Å². The fourth-order valence-electron chi connectivity index (χ4n) is 0.558. The Balaban J connectivity index is 2.55. The Kier molecular flexibility index (Phi) is 2.39. The summed E-state index contributed by atoms with van der Waals surface area (Å²) in [6, 6.07) is 0. The molecule has 1 rings (SSSR count). The molecule has 0 amide bonds. The minimum atomic E-state index is 0.228. The molecule has 0 fully saturated rings. The predicted molar refractivity (Wildman–Crippen MR) is 41.6 cm³/mol. The summed E-state index contributed by atoms with van der Waals surface area (Å²) in [7, 11) is 0. The molecule has 0 aromatic carbocycles. The van der Waals surface area contributed by atoms with Gasteiger partial charge in [-0.3, -0.25) is 0 Å². The number of Topliss-reactive ketones (excluding diaryl/α,β-unsaturated/α-hetero) is 1. The van der Waals surface area contributed by atoms with E-state index < -0.39 is 0 Å². The first-order chi connectivity index (χ1) is 4.20. The first-order valence-corrected chi connectivity index (χ1v) is 5.59. The molecule has 0 N–H and O–H groups in total. The monoisotopic (exact) mass is 208 g/mol. The van der Waals surface area contributed by atoms with Crippen molar-refractivity contribution in [3.8, 4) is 0 Å². The molecule has 50 valence electrons. The average molecular weight is 207 g/mol. The van der Waals surface area contributed by atoms with E-state index in [-0.39, 0.29) is 5.78 Å². The van der Waals surface area contributed by atoms with Crippen molar-refractivity contribution >= 4 is 32.5 Å². The molecule has 1 heterocycles. The quantitative estimate of drug-likeness (QED) is 0.601. The summed E-state index contributed by atoms with van der Waals surface area (Å²) in [6.07, 6.45) is 0. The zero-order valence-electron chi connectivity index (χ0n) is 5.38. The molecule has 0 aromatic heterocycles. The molecule has 3 heteroatoms. The van der Waals surface area contributed by atoms with E-state index in [2.05, 4.69) is 11.9 Å². The van der Waals surface area contributed by atoms with Crippen molar-refractivity contribution in [2.75, 3.05) is 0 Å². The van der Waals surface area contributed by atoms with Gasteiger partial charge in [-0.25, -0.2) is 0 Å². The molecule has 1 aliphatic rings. The predicted octanol–water partition coefficient (Wildman–Crippen LogP) is 1.21. The van der Waals surface area contributed by atoms with Gasteiger partial charge in [0.25, 0.3) is 0 Å². The molecule has 1 unspecified atom stereocenters. The Morgan fingerprint density at radius 1 is 1.89 bits per heavy atom. The first kappa shape index (κ1) is 7.39. The normalized spacial score (nSPS) is 26.0. The van der Waals surface area contributed by atoms with Gasteiger partial charge in [0.1, 0.15) is 0 Å². The van der Waals surface area contributed by atoms with Crippen LogP contribution >= 0.6 is 11.8 Å². The Hall–Kier alpha value is 0.279. The van der Waals surface area contributed by atoms with Gasteiger partial charge in [0.15, 0.2) is 0 Å². The van der Waals surface area contributed by atoms with Gasteiger partial charge in [0, 0.05) is 0 Å². The Labute approximate surface area is 65.4 Å². The van der Waals surface area contributed by atoms with Crippen LogP contribution in [0.1, 0.15) is 13.8 Å². The van der Waals surface area contributed by atoms with Crippen LogP contribution in [0.3, 0.4) is 0 Å². The summed E-state index contributed by atoms with van der Waals surface area (Å²) >= 11 is 2.27. The summed E-state index contributed by atoms with van der Waals surface area (Å²) in [4.78, 5) is 13.8. The summed E-state index contributed by atoms with van der Waals surface area (Å²) < 4.78 is 0.677. The number of carbonyl (C=O) groups is 1. The fraction of sp³-hybridized carbons (Fsp3) is 0.500. The zero-order valence-corrected chi connectivity index (χ0v) is 7.91. The van der Waals surface area contributed by atoms with Crippen LogP contribution in [-0.2, 0) is 4.79 Å². The van der Waals surface area contributed by atoms with Crippen molar-refractivity contribution < 1.29 is 4.79 Å². The van der Waals surface area contributed by atoms with Gasteiger partial charge in [0.2, 0.25) is 0 Å².